The van der Waals surface area contributed by atoms with Crippen LogP contribution in [0.2, 0.25) is 0 Å². The summed E-state index contributed by atoms with van der Waals surface area (Å²) in [6, 6.07) is 13.1. The Kier molecular flexibility index (Phi) is 4.65. The van der Waals surface area contributed by atoms with E-state index in [2.05, 4.69) is 0 Å². The number of hydrogen-bond acceptors (Lipinski definition) is 5. The highest BCUT2D eigenvalue weighted by Gasteiger charge is 2.19. The SMILES string of the molecule is O=C(/C=C/c1ccc(OC2CSC2)cc1)c1ccc2c(c1)OCCO2. The summed E-state index contributed by atoms with van der Waals surface area (Å²) in [6.07, 6.45) is 3.72. The predicted molar refractivity (Wildman–Crippen MR) is 99.0 cm³/mol. The van der Waals surface area contributed by atoms with Crippen LogP contribution in [0.1, 0.15) is 15.9 Å². The number of allylic oxidation sites excluding steroid dienone is 1. The van der Waals surface area contributed by atoms with Gasteiger partial charge < -0.3 is 14.2 Å². The number of rotatable bonds is 5. The molecule has 25 heavy (non-hydrogen) atoms. The molecule has 0 aliphatic carbocycles. The van der Waals surface area contributed by atoms with E-state index in [1.54, 1.807) is 24.3 Å². The molecule has 4 rings (SSSR count). The first-order valence-corrected chi connectivity index (χ1v) is 9.40. The van der Waals surface area contributed by atoms with Gasteiger partial charge in [0, 0.05) is 17.1 Å². The van der Waals surface area contributed by atoms with Crippen molar-refractivity contribution in [3.63, 3.8) is 0 Å². The Morgan fingerprint density at radius 2 is 1.80 bits per heavy atom. The Labute approximate surface area is 150 Å². The lowest BCUT2D eigenvalue weighted by Crippen LogP contribution is -2.30. The van der Waals surface area contributed by atoms with E-state index in [4.69, 9.17) is 14.2 Å². The largest absolute Gasteiger partial charge is 0.489 e. The molecule has 2 aromatic rings. The van der Waals surface area contributed by atoms with Crippen LogP contribution < -0.4 is 14.2 Å². The zero-order valence-corrected chi connectivity index (χ0v) is 14.5. The number of fused-ring (bicyclic) bond motifs is 1. The second-order valence-electron chi connectivity index (χ2n) is 5.90. The highest BCUT2D eigenvalue weighted by Crippen LogP contribution is 2.31. The molecule has 0 radical (unpaired) electrons. The summed E-state index contributed by atoms with van der Waals surface area (Å²) in [5.74, 6) is 4.25. The van der Waals surface area contributed by atoms with Crippen molar-refractivity contribution in [1.29, 1.82) is 0 Å². The van der Waals surface area contributed by atoms with E-state index in [1.165, 1.54) is 0 Å². The van der Waals surface area contributed by atoms with Crippen LogP contribution in [0.15, 0.2) is 48.5 Å². The number of benzene rings is 2. The lowest BCUT2D eigenvalue weighted by Gasteiger charge is -2.25. The minimum absolute atomic E-state index is 0.0659. The van der Waals surface area contributed by atoms with Gasteiger partial charge >= 0.3 is 0 Å². The molecule has 0 aromatic heterocycles. The maximum atomic E-state index is 12.4. The van der Waals surface area contributed by atoms with Gasteiger partial charge in [-0.25, -0.2) is 0 Å². The van der Waals surface area contributed by atoms with Crippen LogP contribution in [0.25, 0.3) is 6.08 Å². The zero-order chi connectivity index (χ0) is 17.1. The summed E-state index contributed by atoms with van der Waals surface area (Å²) in [6.45, 7) is 1.05. The van der Waals surface area contributed by atoms with Crippen molar-refractivity contribution >= 4 is 23.6 Å². The van der Waals surface area contributed by atoms with Crippen LogP contribution in [0.5, 0.6) is 17.2 Å². The first-order chi connectivity index (χ1) is 12.3. The van der Waals surface area contributed by atoms with E-state index in [-0.39, 0.29) is 5.78 Å². The normalized spacial score (nSPS) is 16.5. The van der Waals surface area contributed by atoms with Crippen LogP contribution in [0, 0.1) is 0 Å². The van der Waals surface area contributed by atoms with E-state index >= 15 is 0 Å². The summed E-state index contributed by atoms with van der Waals surface area (Å²) in [5.41, 5.74) is 1.55. The van der Waals surface area contributed by atoms with Gasteiger partial charge in [-0.3, -0.25) is 4.79 Å². The first-order valence-electron chi connectivity index (χ1n) is 8.24. The number of ether oxygens (including phenoxy) is 3. The fourth-order valence-electron chi connectivity index (χ4n) is 2.60. The van der Waals surface area contributed by atoms with Crippen LogP contribution in [0.4, 0.5) is 0 Å². The molecule has 0 unspecified atom stereocenters. The smallest absolute Gasteiger partial charge is 0.185 e. The Morgan fingerprint density at radius 3 is 2.52 bits per heavy atom. The van der Waals surface area contributed by atoms with Crippen LogP contribution >= 0.6 is 11.8 Å². The van der Waals surface area contributed by atoms with E-state index in [9.17, 15) is 4.79 Å². The summed E-state index contributed by atoms with van der Waals surface area (Å²) < 4.78 is 16.8. The second-order valence-corrected chi connectivity index (χ2v) is 6.98. The molecule has 2 aliphatic heterocycles. The van der Waals surface area contributed by atoms with E-state index < -0.39 is 0 Å². The zero-order valence-electron chi connectivity index (χ0n) is 13.6. The summed E-state index contributed by atoms with van der Waals surface area (Å²) in [5, 5.41) is 0. The standard InChI is InChI=1S/C20H18O4S/c21-18(15-4-8-19-20(11-15)23-10-9-22-19)7-3-14-1-5-16(6-2-14)24-17-12-25-13-17/h1-8,11,17H,9-10,12-13H2/b7-3+. The van der Waals surface area contributed by atoms with Crippen LogP contribution in [0.3, 0.4) is 0 Å². The van der Waals surface area contributed by atoms with Crippen LogP contribution in [-0.2, 0) is 0 Å². The predicted octanol–water partition coefficient (Wildman–Crippen LogP) is 3.85. The Balaban J connectivity index is 1.41. The van der Waals surface area contributed by atoms with Crippen molar-refractivity contribution < 1.29 is 19.0 Å². The number of hydrogen-bond donors (Lipinski definition) is 0. The molecule has 128 valence electrons. The molecular weight excluding hydrogens is 336 g/mol. The minimum atomic E-state index is -0.0659. The van der Waals surface area contributed by atoms with Gasteiger partial charge in [0.15, 0.2) is 17.3 Å². The highest BCUT2D eigenvalue weighted by molar-refractivity contribution is 8.00. The third-order valence-corrected chi connectivity index (χ3v) is 5.26. The maximum absolute atomic E-state index is 12.4. The molecule has 4 nitrogen and oxygen atoms in total. The summed E-state index contributed by atoms with van der Waals surface area (Å²) in [4.78, 5) is 12.4. The molecule has 0 spiro atoms. The van der Waals surface area contributed by atoms with Crippen LogP contribution in [-0.4, -0.2) is 36.6 Å². The van der Waals surface area contributed by atoms with Gasteiger partial charge in [-0.05, 0) is 42.0 Å². The van der Waals surface area contributed by atoms with Crippen molar-refractivity contribution in [2.75, 3.05) is 24.7 Å². The summed E-state index contributed by atoms with van der Waals surface area (Å²) in [7, 11) is 0. The van der Waals surface area contributed by atoms with Crippen molar-refractivity contribution in [2.24, 2.45) is 0 Å². The minimum Gasteiger partial charge on any atom is -0.489 e. The van der Waals surface area contributed by atoms with Crippen molar-refractivity contribution in [2.45, 2.75) is 6.10 Å². The molecular formula is C20H18O4S. The monoisotopic (exact) mass is 354 g/mol. The third kappa shape index (κ3) is 3.82. The van der Waals surface area contributed by atoms with Crippen molar-refractivity contribution in [3.05, 3.63) is 59.7 Å². The topological polar surface area (TPSA) is 44.8 Å². The molecule has 0 N–H and O–H groups in total. The molecule has 0 amide bonds. The number of ketones is 1. The second kappa shape index (κ2) is 7.23. The molecule has 0 bridgehead atoms. The third-order valence-electron chi connectivity index (χ3n) is 4.04. The average molecular weight is 354 g/mol. The van der Waals surface area contributed by atoms with Gasteiger partial charge in [-0.15, -0.1) is 0 Å². The first kappa shape index (κ1) is 16.1. The maximum Gasteiger partial charge on any atom is 0.185 e. The molecule has 0 atom stereocenters. The lowest BCUT2D eigenvalue weighted by molar-refractivity contribution is 0.104. The van der Waals surface area contributed by atoms with E-state index in [0.29, 0.717) is 36.4 Å². The molecule has 2 aromatic carbocycles. The lowest BCUT2D eigenvalue weighted by atomic mass is 10.1. The Morgan fingerprint density at radius 1 is 1.04 bits per heavy atom. The average Bonchev–Trinajstić information content (AvgIpc) is 2.63. The van der Waals surface area contributed by atoms with Gasteiger partial charge in [0.2, 0.25) is 0 Å². The Bertz CT molecular complexity index is 794. The fourth-order valence-corrected chi connectivity index (χ4v) is 3.16. The van der Waals surface area contributed by atoms with Gasteiger partial charge in [-0.1, -0.05) is 18.2 Å². The van der Waals surface area contributed by atoms with E-state index in [1.807, 2.05) is 42.1 Å². The van der Waals surface area contributed by atoms with E-state index in [0.717, 1.165) is 22.8 Å². The van der Waals surface area contributed by atoms with Crippen molar-refractivity contribution in [1.82, 2.24) is 0 Å². The number of thioether (sulfide) groups is 1. The van der Waals surface area contributed by atoms with Gasteiger partial charge in [0.1, 0.15) is 25.1 Å². The Hall–Kier alpha value is -2.40. The molecule has 1 saturated heterocycles. The molecule has 0 saturated carbocycles. The van der Waals surface area contributed by atoms with Gasteiger partial charge in [0.25, 0.3) is 0 Å². The summed E-state index contributed by atoms with van der Waals surface area (Å²) >= 11 is 1.89. The van der Waals surface area contributed by atoms with Gasteiger partial charge in [-0.2, -0.15) is 11.8 Å². The number of carbonyl (C=O) groups excluding carboxylic acids is 1. The highest BCUT2D eigenvalue weighted by atomic mass is 32.2. The van der Waals surface area contributed by atoms with Crippen molar-refractivity contribution in [3.8, 4) is 17.2 Å². The molecule has 2 aliphatic rings. The number of carbonyl (C=O) groups is 1. The molecule has 5 heteroatoms. The van der Waals surface area contributed by atoms with Gasteiger partial charge in [0.05, 0.1) is 0 Å². The fraction of sp³-hybridized carbons (Fsp3) is 0.250. The molecule has 1 fully saturated rings. The molecule has 2 heterocycles. The quantitative estimate of drug-likeness (QED) is 0.603.